The predicted octanol–water partition coefficient (Wildman–Crippen LogP) is 1.95. The highest BCUT2D eigenvalue weighted by atomic mass is 16.5. The van der Waals surface area contributed by atoms with Crippen molar-refractivity contribution in [1.29, 1.82) is 0 Å². The van der Waals surface area contributed by atoms with Gasteiger partial charge in [0, 0.05) is 24.0 Å². The van der Waals surface area contributed by atoms with E-state index in [4.69, 9.17) is 10.5 Å². The quantitative estimate of drug-likeness (QED) is 0.636. The molecule has 1 heterocycles. The fourth-order valence-corrected chi connectivity index (χ4v) is 2.53. The van der Waals surface area contributed by atoms with Gasteiger partial charge in [0.25, 0.3) is 0 Å². The summed E-state index contributed by atoms with van der Waals surface area (Å²) in [5.41, 5.74) is 7.53. The number of nitrogen functional groups attached to an aromatic ring is 1. The molecule has 3 N–H and O–H groups in total. The molecule has 0 radical (unpaired) electrons. The first-order valence-corrected chi connectivity index (χ1v) is 7.07. The first-order valence-electron chi connectivity index (χ1n) is 7.07. The van der Waals surface area contributed by atoms with Crippen molar-refractivity contribution in [1.82, 2.24) is 4.90 Å². The van der Waals surface area contributed by atoms with Crippen LogP contribution in [-0.4, -0.2) is 43.7 Å². The fourth-order valence-electron chi connectivity index (χ4n) is 2.53. The number of likely N-dealkylation sites (tertiary alicyclic amines) is 1. The van der Waals surface area contributed by atoms with Gasteiger partial charge in [0.1, 0.15) is 0 Å². The highest BCUT2D eigenvalue weighted by molar-refractivity contribution is 5.96. The van der Waals surface area contributed by atoms with Crippen LogP contribution in [0.15, 0.2) is 18.2 Å². The van der Waals surface area contributed by atoms with E-state index in [1.807, 2.05) is 6.07 Å². The Morgan fingerprint density at radius 3 is 2.80 bits per heavy atom. The summed E-state index contributed by atoms with van der Waals surface area (Å²) >= 11 is 0. The summed E-state index contributed by atoms with van der Waals surface area (Å²) in [5.74, 6) is -0.404. The van der Waals surface area contributed by atoms with Gasteiger partial charge in [-0.1, -0.05) is 0 Å². The minimum absolute atomic E-state index is 0.404. The molecule has 1 unspecified atom stereocenters. The van der Waals surface area contributed by atoms with Crippen LogP contribution in [0, 0.1) is 0 Å². The molecule has 0 spiro atoms. The number of hydrogen-bond donors (Lipinski definition) is 2. The predicted molar refractivity (Wildman–Crippen MR) is 81.0 cm³/mol. The largest absolute Gasteiger partial charge is 0.465 e. The summed E-state index contributed by atoms with van der Waals surface area (Å²) in [5, 5.41) is 3.36. The Balaban J connectivity index is 1.97. The number of methoxy groups -OCH3 is 1. The highest BCUT2D eigenvalue weighted by Gasteiger charge is 2.18. The number of carbonyl (C=O) groups is 1. The molecule has 1 aliphatic heterocycles. The van der Waals surface area contributed by atoms with Gasteiger partial charge in [0.15, 0.2) is 0 Å². The topological polar surface area (TPSA) is 67.6 Å². The average Bonchev–Trinajstić information content (AvgIpc) is 2.99. The van der Waals surface area contributed by atoms with Crippen LogP contribution in [0.4, 0.5) is 11.4 Å². The second kappa shape index (κ2) is 6.61. The summed E-state index contributed by atoms with van der Waals surface area (Å²) in [6.45, 7) is 5.43. The van der Waals surface area contributed by atoms with E-state index in [2.05, 4.69) is 17.1 Å². The Kier molecular flexibility index (Phi) is 4.84. The SMILES string of the molecule is COC(=O)c1cc(NCC(C)N2CCCC2)ccc1N. The Morgan fingerprint density at radius 1 is 1.45 bits per heavy atom. The summed E-state index contributed by atoms with van der Waals surface area (Å²) in [7, 11) is 1.36. The fraction of sp³-hybridized carbons (Fsp3) is 0.533. The molecule has 1 atom stereocenters. The molecule has 0 aliphatic carbocycles. The molecule has 1 aromatic carbocycles. The van der Waals surface area contributed by atoms with E-state index in [1.54, 1.807) is 12.1 Å². The van der Waals surface area contributed by atoms with Gasteiger partial charge in [-0.05, 0) is 51.1 Å². The molecule has 1 aromatic rings. The average molecular weight is 277 g/mol. The van der Waals surface area contributed by atoms with Crippen molar-refractivity contribution < 1.29 is 9.53 Å². The van der Waals surface area contributed by atoms with E-state index in [1.165, 1.54) is 33.0 Å². The standard InChI is InChI=1S/C15H23N3O2/c1-11(18-7-3-4-8-18)10-17-12-5-6-14(16)13(9-12)15(19)20-2/h5-6,9,11,17H,3-4,7-8,10,16H2,1-2H3. The Morgan fingerprint density at radius 2 is 2.15 bits per heavy atom. The molecule has 20 heavy (non-hydrogen) atoms. The van der Waals surface area contributed by atoms with Gasteiger partial charge in [-0.25, -0.2) is 4.79 Å². The minimum Gasteiger partial charge on any atom is -0.465 e. The van der Waals surface area contributed by atoms with E-state index >= 15 is 0 Å². The van der Waals surface area contributed by atoms with Crippen LogP contribution >= 0.6 is 0 Å². The zero-order valence-electron chi connectivity index (χ0n) is 12.2. The number of nitrogens with zero attached hydrogens (tertiary/aromatic N) is 1. The third-order valence-corrected chi connectivity index (χ3v) is 3.82. The number of nitrogens with one attached hydrogen (secondary N) is 1. The lowest BCUT2D eigenvalue weighted by Crippen LogP contribution is -2.35. The molecule has 1 aliphatic rings. The Bertz CT molecular complexity index is 470. The molecular formula is C15H23N3O2. The van der Waals surface area contributed by atoms with Gasteiger partial charge < -0.3 is 15.8 Å². The molecule has 5 nitrogen and oxygen atoms in total. The van der Waals surface area contributed by atoms with Crippen LogP contribution in [0.5, 0.6) is 0 Å². The zero-order valence-corrected chi connectivity index (χ0v) is 12.2. The van der Waals surface area contributed by atoms with Crippen molar-refractivity contribution in [2.75, 3.05) is 37.8 Å². The number of ether oxygens (including phenoxy) is 1. The molecule has 1 saturated heterocycles. The highest BCUT2D eigenvalue weighted by Crippen LogP contribution is 2.19. The number of carbonyl (C=O) groups excluding carboxylic acids is 1. The second-order valence-electron chi connectivity index (χ2n) is 5.27. The van der Waals surface area contributed by atoms with Gasteiger partial charge in [-0.3, -0.25) is 4.90 Å². The monoisotopic (exact) mass is 277 g/mol. The Hall–Kier alpha value is -1.75. The lowest BCUT2D eigenvalue weighted by Gasteiger charge is -2.24. The van der Waals surface area contributed by atoms with E-state index in [-0.39, 0.29) is 0 Å². The smallest absolute Gasteiger partial charge is 0.340 e. The second-order valence-corrected chi connectivity index (χ2v) is 5.27. The maximum Gasteiger partial charge on any atom is 0.340 e. The maximum atomic E-state index is 11.6. The van der Waals surface area contributed by atoms with Crippen LogP contribution < -0.4 is 11.1 Å². The molecule has 110 valence electrons. The molecule has 2 rings (SSSR count). The van der Waals surface area contributed by atoms with Crippen LogP contribution in [0.2, 0.25) is 0 Å². The molecule has 5 heteroatoms. The van der Waals surface area contributed by atoms with Crippen molar-refractivity contribution in [2.45, 2.75) is 25.8 Å². The molecule has 0 bridgehead atoms. The molecular weight excluding hydrogens is 254 g/mol. The lowest BCUT2D eigenvalue weighted by molar-refractivity contribution is 0.0602. The third kappa shape index (κ3) is 3.42. The van der Waals surface area contributed by atoms with Gasteiger partial charge in [0.05, 0.1) is 12.7 Å². The number of nitrogens with two attached hydrogens (primary N) is 1. The van der Waals surface area contributed by atoms with Gasteiger partial charge >= 0.3 is 5.97 Å². The van der Waals surface area contributed by atoms with E-state index in [0.29, 0.717) is 17.3 Å². The molecule has 0 amide bonds. The van der Waals surface area contributed by atoms with Crippen molar-refractivity contribution in [3.05, 3.63) is 23.8 Å². The zero-order chi connectivity index (χ0) is 14.5. The lowest BCUT2D eigenvalue weighted by atomic mass is 10.1. The van der Waals surface area contributed by atoms with Crippen LogP contribution in [0.25, 0.3) is 0 Å². The first-order chi connectivity index (χ1) is 9.61. The van der Waals surface area contributed by atoms with E-state index in [9.17, 15) is 4.79 Å². The minimum atomic E-state index is -0.404. The third-order valence-electron chi connectivity index (χ3n) is 3.82. The number of rotatable bonds is 5. The Labute approximate surface area is 120 Å². The number of anilines is 2. The number of benzene rings is 1. The van der Waals surface area contributed by atoms with Crippen LogP contribution in [-0.2, 0) is 4.74 Å². The normalized spacial score (nSPS) is 16.9. The van der Waals surface area contributed by atoms with Crippen molar-refractivity contribution in [3.8, 4) is 0 Å². The van der Waals surface area contributed by atoms with Crippen molar-refractivity contribution in [2.24, 2.45) is 0 Å². The summed E-state index contributed by atoms with van der Waals surface area (Å²) in [6, 6.07) is 5.85. The summed E-state index contributed by atoms with van der Waals surface area (Å²) in [4.78, 5) is 14.1. The maximum absolute atomic E-state index is 11.6. The first kappa shape index (κ1) is 14.7. The van der Waals surface area contributed by atoms with Crippen molar-refractivity contribution >= 4 is 17.3 Å². The van der Waals surface area contributed by atoms with Gasteiger partial charge in [0.2, 0.25) is 0 Å². The van der Waals surface area contributed by atoms with Crippen molar-refractivity contribution in [3.63, 3.8) is 0 Å². The van der Waals surface area contributed by atoms with Crippen LogP contribution in [0.3, 0.4) is 0 Å². The van der Waals surface area contributed by atoms with Gasteiger partial charge in [-0.15, -0.1) is 0 Å². The summed E-state index contributed by atoms with van der Waals surface area (Å²) < 4.78 is 4.72. The van der Waals surface area contributed by atoms with Gasteiger partial charge in [-0.2, -0.15) is 0 Å². The van der Waals surface area contributed by atoms with Crippen LogP contribution in [0.1, 0.15) is 30.1 Å². The number of hydrogen-bond acceptors (Lipinski definition) is 5. The molecule has 1 fully saturated rings. The molecule has 0 saturated carbocycles. The van der Waals surface area contributed by atoms with E-state index in [0.717, 1.165) is 12.2 Å². The summed E-state index contributed by atoms with van der Waals surface area (Å²) in [6.07, 6.45) is 2.58. The number of esters is 1. The van der Waals surface area contributed by atoms with E-state index < -0.39 is 5.97 Å². The molecule has 0 aromatic heterocycles.